The molecule has 0 atom stereocenters. The smallest absolute Gasteiger partial charge is 0.0964 e. The molecule has 0 aliphatic carbocycles. The maximum absolute atomic E-state index is 4.14. The fraction of sp³-hybridized carbons (Fsp3) is 0.583. The fourth-order valence-corrected chi connectivity index (χ4v) is 1.68. The first kappa shape index (κ1) is 12.8. The molecule has 0 aromatic carbocycles. The maximum atomic E-state index is 4.14. The summed E-state index contributed by atoms with van der Waals surface area (Å²) in [5.74, 6) is 0. The van der Waals surface area contributed by atoms with E-state index < -0.39 is 0 Å². The van der Waals surface area contributed by atoms with Crippen molar-refractivity contribution in [2.45, 2.75) is 39.4 Å². The molecule has 0 aliphatic rings. The Morgan fingerprint density at radius 3 is 2.83 bits per heavy atom. The standard InChI is InChI=1S/C12H20N6/c1-10(2)13-7-12-9-18(16-15-12)5-4-11-6-14-17(3)8-11/h6,8-10,13H,4-5,7H2,1-3H3. The summed E-state index contributed by atoms with van der Waals surface area (Å²) in [5.41, 5.74) is 2.20. The van der Waals surface area contributed by atoms with E-state index in [1.807, 2.05) is 35.0 Å². The lowest BCUT2D eigenvalue weighted by Gasteiger charge is -2.04. The molecule has 2 rings (SSSR count). The number of aryl methyl sites for hydroxylation is 3. The predicted octanol–water partition coefficient (Wildman–Crippen LogP) is 0.752. The maximum Gasteiger partial charge on any atom is 0.0964 e. The Labute approximate surface area is 107 Å². The third-order valence-electron chi connectivity index (χ3n) is 2.67. The minimum absolute atomic E-state index is 0.463. The molecule has 0 saturated carbocycles. The summed E-state index contributed by atoms with van der Waals surface area (Å²) in [6.07, 6.45) is 6.83. The summed E-state index contributed by atoms with van der Waals surface area (Å²) < 4.78 is 3.69. The molecule has 2 aromatic heterocycles. The normalized spacial score (nSPS) is 11.3. The van der Waals surface area contributed by atoms with Gasteiger partial charge in [0.05, 0.1) is 11.9 Å². The first-order valence-corrected chi connectivity index (χ1v) is 6.23. The van der Waals surface area contributed by atoms with Crippen LogP contribution in [0.2, 0.25) is 0 Å². The summed E-state index contributed by atoms with van der Waals surface area (Å²) in [4.78, 5) is 0. The first-order chi connectivity index (χ1) is 8.63. The number of nitrogens with one attached hydrogen (secondary N) is 1. The van der Waals surface area contributed by atoms with Gasteiger partial charge in [-0.25, -0.2) is 0 Å². The van der Waals surface area contributed by atoms with Crippen molar-refractivity contribution in [2.24, 2.45) is 7.05 Å². The number of nitrogens with zero attached hydrogens (tertiary/aromatic N) is 5. The van der Waals surface area contributed by atoms with Crippen LogP contribution in [0.15, 0.2) is 18.6 Å². The van der Waals surface area contributed by atoms with Crippen molar-refractivity contribution in [3.05, 3.63) is 29.8 Å². The van der Waals surface area contributed by atoms with Crippen LogP contribution in [0.25, 0.3) is 0 Å². The van der Waals surface area contributed by atoms with E-state index in [2.05, 4.69) is 34.6 Å². The van der Waals surface area contributed by atoms with E-state index in [4.69, 9.17) is 0 Å². The Morgan fingerprint density at radius 1 is 1.33 bits per heavy atom. The van der Waals surface area contributed by atoms with Crippen molar-refractivity contribution in [3.63, 3.8) is 0 Å². The zero-order valence-electron chi connectivity index (χ0n) is 11.2. The highest BCUT2D eigenvalue weighted by molar-refractivity contribution is 5.03. The lowest BCUT2D eigenvalue weighted by molar-refractivity contribution is 0.579. The van der Waals surface area contributed by atoms with Crippen LogP contribution in [0.3, 0.4) is 0 Å². The molecule has 0 aliphatic heterocycles. The van der Waals surface area contributed by atoms with Gasteiger partial charge in [0.15, 0.2) is 0 Å². The van der Waals surface area contributed by atoms with Crippen molar-refractivity contribution in [3.8, 4) is 0 Å². The zero-order chi connectivity index (χ0) is 13.0. The molecule has 0 unspecified atom stereocenters. The number of hydrogen-bond acceptors (Lipinski definition) is 4. The monoisotopic (exact) mass is 248 g/mol. The van der Waals surface area contributed by atoms with Gasteiger partial charge >= 0.3 is 0 Å². The molecule has 0 amide bonds. The van der Waals surface area contributed by atoms with Gasteiger partial charge in [0, 0.05) is 38.6 Å². The molecule has 0 bridgehead atoms. The molecule has 6 nitrogen and oxygen atoms in total. The van der Waals surface area contributed by atoms with Crippen molar-refractivity contribution in [2.75, 3.05) is 0 Å². The van der Waals surface area contributed by atoms with E-state index >= 15 is 0 Å². The first-order valence-electron chi connectivity index (χ1n) is 6.23. The van der Waals surface area contributed by atoms with Crippen LogP contribution >= 0.6 is 0 Å². The second kappa shape index (κ2) is 5.77. The molecule has 2 aromatic rings. The molecule has 0 saturated heterocycles. The molecule has 1 N–H and O–H groups in total. The third-order valence-corrected chi connectivity index (χ3v) is 2.67. The SMILES string of the molecule is CC(C)NCc1cn(CCc2cnn(C)c2)nn1. The van der Waals surface area contributed by atoms with Gasteiger partial charge in [0.2, 0.25) is 0 Å². The molecular weight excluding hydrogens is 228 g/mol. The van der Waals surface area contributed by atoms with Gasteiger partial charge in [0.25, 0.3) is 0 Å². The van der Waals surface area contributed by atoms with Gasteiger partial charge in [-0.3, -0.25) is 9.36 Å². The van der Waals surface area contributed by atoms with Crippen LogP contribution < -0.4 is 5.32 Å². The largest absolute Gasteiger partial charge is 0.309 e. The highest BCUT2D eigenvalue weighted by Gasteiger charge is 2.02. The minimum Gasteiger partial charge on any atom is -0.309 e. The zero-order valence-corrected chi connectivity index (χ0v) is 11.2. The second-order valence-corrected chi connectivity index (χ2v) is 4.78. The fourth-order valence-electron chi connectivity index (χ4n) is 1.68. The molecule has 0 spiro atoms. The van der Waals surface area contributed by atoms with Gasteiger partial charge < -0.3 is 5.32 Å². The van der Waals surface area contributed by atoms with E-state index in [9.17, 15) is 0 Å². The molecule has 18 heavy (non-hydrogen) atoms. The highest BCUT2D eigenvalue weighted by atomic mass is 15.4. The average molecular weight is 248 g/mol. The van der Waals surface area contributed by atoms with Crippen LogP contribution in [0, 0.1) is 0 Å². The van der Waals surface area contributed by atoms with Gasteiger partial charge in [-0.2, -0.15) is 5.10 Å². The Hall–Kier alpha value is -1.69. The van der Waals surface area contributed by atoms with Crippen LogP contribution in [0.4, 0.5) is 0 Å². The number of hydrogen-bond donors (Lipinski definition) is 1. The lowest BCUT2D eigenvalue weighted by atomic mass is 10.2. The van der Waals surface area contributed by atoms with E-state index in [1.54, 1.807) is 0 Å². The molecular formula is C12H20N6. The topological polar surface area (TPSA) is 60.6 Å². The minimum atomic E-state index is 0.463. The molecule has 2 heterocycles. The lowest BCUT2D eigenvalue weighted by Crippen LogP contribution is -2.21. The number of aromatic nitrogens is 5. The second-order valence-electron chi connectivity index (χ2n) is 4.78. The Kier molecular flexibility index (Phi) is 4.09. The summed E-state index contributed by atoms with van der Waals surface area (Å²) in [6, 6.07) is 0.463. The van der Waals surface area contributed by atoms with Crippen molar-refractivity contribution in [1.29, 1.82) is 0 Å². The Bertz CT molecular complexity index is 484. The predicted molar refractivity (Wildman–Crippen MR) is 68.9 cm³/mol. The van der Waals surface area contributed by atoms with Crippen molar-refractivity contribution >= 4 is 0 Å². The van der Waals surface area contributed by atoms with Gasteiger partial charge in [-0.05, 0) is 12.0 Å². The van der Waals surface area contributed by atoms with Gasteiger partial charge in [-0.1, -0.05) is 19.1 Å². The summed E-state index contributed by atoms with van der Waals surface area (Å²) in [6.45, 7) is 5.84. The van der Waals surface area contributed by atoms with Crippen LogP contribution in [-0.2, 0) is 26.6 Å². The van der Waals surface area contributed by atoms with Crippen LogP contribution in [0.1, 0.15) is 25.1 Å². The Morgan fingerprint density at radius 2 is 2.17 bits per heavy atom. The molecule has 98 valence electrons. The van der Waals surface area contributed by atoms with E-state index in [0.717, 1.165) is 25.2 Å². The van der Waals surface area contributed by atoms with E-state index in [1.165, 1.54) is 5.56 Å². The summed E-state index contributed by atoms with van der Waals surface area (Å²) in [7, 11) is 1.93. The molecule has 0 fully saturated rings. The van der Waals surface area contributed by atoms with Crippen LogP contribution in [-0.4, -0.2) is 30.8 Å². The summed E-state index contributed by atoms with van der Waals surface area (Å²) >= 11 is 0. The highest BCUT2D eigenvalue weighted by Crippen LogP contribution is 2.00. The van der Waals surface area contributed by atoms with E-state index in [0.29, 0.717) is 6.04 Å². The summed E-state index contributed by atoms with van der Waals surface area (Å²) in [5, 5.41) is 15.7. The third kappa shape index (κ3) is 3.66. The van der Waals surface area contributed by atoms with Gasteiger partial charge in [-0.15, -0.1) is 5.10 Å². The quantitative estimate of drug-likeness (QED) is 0.819. The number of rotatable bonds is 6. The van der Waals surface area contributed by atoms with Crippen molar-refractivity contribution in [1.82, 2.24) is 30.1 Å². The Balaban J connectivity index is 1.83. The van der Waals surface area contributed by atoms with Crippen molar-refractivity contribution < 1.29 is 0 Å². The van der Waals surface area contributed by atoms with Crippen LogP contribution in [0.5, 0.6) is 0 Å². The molecule has 6 heteroatoms. The van der Waals surface area contributed by atoms with Gasteiger partial charge in [0.1, 0.15) is 0 Å². The molecule has 0 radical (unpaired) electrons. The average Bonchev–Trinajstić information content (AvgIpc) is 2.93. The van der Waals surface area contributed by atoms with E-state index in [-0.39, 0.29) is 0 Å².